The highest BCUT2D eigenvalue weighted by atomic mass is 16.1. The van der Waals surface area contributed by atoms with Crippen molar-refractivity contribution in [1.29, 1.82) is 0 Å². The number of nitrogens with one attached hydrogen (secondary N) is 1. The van der Waals surface area contributed by atoms with Crippen molar-refractivity contribution in [2.45, 2.75) is 18.9 Å². The van der Waals surface area contributed by atoms with Gasteiger partial charge >= 0.3 is 0 Å². The van der Waals surface area contributed by atoms with E-state index in [-0.39, 0.29) is 11.8 Å². The Bertz CT molecular complexity index is 1010. The predicted octanol–water partition coefficient (Wildman–Crippen LogP) is 4.28. The Hall–Kier alpha value is -3.73. The molecule has 4 rings (SSSR count). The molecule has 0 saturated carbocycles. The van der Waals surface area contributed by atoms with Gasteiger partial charge in [0.25, 0.3) is 5.91 Å². The molecule has 5 heteroatoms. The number of hydrogen-bond acceptors (Lipinski definition) is 3. The summed E-state index contributed by atoms with van der Waals surface area (Å²) in [7, 11) is 0. The smallest absolute Gasteiger partial charge is 0.251 e. The molecule has 0 bridgehead atoms. The van der Waals surface area contributed by atoms with Crippen molar-refractivity contribution in [3.05, 3.63) is 120 Å². The van der Waals surface area contributed by atoms with Crippen molar-refractivity contribution in [3.63, 3.8) is 0 Å². The molecule has 5 nitrogen and oxygen atoms in total. The third kappa shape index (κ3) is 5.00. The van der Waals surface area contributed by atoms with E-state index in [1.807, 2.05) is 36.4 Å². The van der Waals surface area contributed by atoms with Crippen LogP contribution >= 0.6 is 0 Å². The number of hydrogen-bond donors (Lipinski definition) is 1. The second kappa shape index (κ2) is 9.65. The first-order valence-corrected chi connectivity index (χ1v) is 10.1. The molecule has 0 unspecified atom stereocenters. The Morgan fingerprint density at radius 1 is 0.867 bits per heavy atom. The fourth-order valence-corrected chi connectivity index (χ4v) is 3.59. The van der Waals surface area contributed by atoms with Gasteiger partial charge < -0.3 is 5.32 Å². The average molecular weight is 396 g/mol. The molecule has 1 aromatic heterocycles. The molecular weight excluding hydrogens is 372 g/mol. The van der Waals surface area contributed by atoms with Crippen LogP contribution in [0, 0.1) is 0 Å². The molecule has 0 fully saturated rings. The lowest BCUT2D eigenvalue weighted by molar-refractivity contribution is 0.0953. The molecule has 0 radical (unpaired) electrons. The zero-order valence-corrected chi connectivity index (χ0v) is 16.7. The lowest BCUT2D eigenvalue weighted by Gasteiger charge is -2.18. The predicted molar refractivity (Wildman–Crippen MR) is 117 cm³/mol. The van der Waals surface area contributed by atoms with Gasteiger partial charge in [0, 0.05) is 18.0 Å². The van der Waals surface area contributed by atoms with Crippen molar-refractivity contribution in [2.75, 3.05) is 6.54 Å². The van der Waals surface area contributed by atoms with Crippen LogP contribution in [0.25, 0.3) is 0 Å². The Kier molecular flexibility index (Phi) is 6.30. The number of carbonyl (C=O) groups excluding carboxylic acids is 1. The zero-order chi connectivity index (χ0) is 20.6. The Morgan fingerprint density at radius 3 is 2.07 bits per heavy atom. The minimum atomic E-state index is -0.0535. The number of benzene rings is 3. The molecule has 0 aliphatic rings. The summed E-state index contributed by atoms with van der Waals surface area (Å²) in [5, 5.41) is 7.17. The molecule has 1 amide bonds. The highest BCUT2D eigenvalue weighted by Gasteiger charge is 2.14. The summed E-state index contributed by atoms with van der Waals surface area (Å²) in [4.78, 5) is 16.5. The topological polar surface area (TPSA) is 59.8 Å². The first-order valence-electron chi connectivity index (χ1n) is 10.1. The summed E-state index contributed by atoms with van der Waals surface area (Å²) >= 11 is 0. The molecule has 1 N–H and O–H groups in total. The van der Waals surface area contributed by atoms with Crippen LogP contribution in [-0.4, -0.2) is 27.2 Å². The van der Waals surface area contributed by atoms with Crippen molar-refractivity contribution in [2.24, 2.45) is 0 Å². The van der Waals surface area contributed by atoms with Gasteiger partial charge in [-0.15, -0.1) is 0 Å². The van der Waals surface area contributed by atoms with Crippen LogP contribution in [0.2, 0.25) is 0 Å². The van der Waals surface area contributed by atoms with Crippen LogP contribution in [0.1, 0.15) is 39.4 Å². The maximum atomic E-state index is 12.6. The normalized spacial score (nSPS) is 10.8. The molecule has 1 heterocycles. The fraction of sp³-hybridized carbons (Fsp3) is 0.160. The van der Waals surface area contributed by atoms with E-state index in [0.29, 0.717) is 18.7 Å². The summed E-state index contributed by atoms with van der Waals surface area (Å²) in [6, 6.07) is 28.5. The Morgan fingerprint density at radius 2 is 1.50 bits per heavy atom. The van der Waals surface area contributed by atoms with Gasteiger partial charge in [0.15, 0.2) is 0 Å². The van der Waals surface area contributed by atoms with E-state index in [4.69, 9.17) is 0 Å². The van der Waals surface area contributed by atoms with Crippen LogP contribution in [0.4, 0.5) is 0 Å². The maximum absolute atomic E-state index is 12.6. The molecule has 3 aromatic carbocycles. The van der Waals surface area contributed by atoms with E-state index >= 15 is 0 Å². The zero-order valence-electron chi connectivity index (χ0n) is 16.7. The third-order valence-electron chi connectivity index (χ3n) is 5.15. The molecule has 150 valence electrons. The van der Waals surface area contributed by atoms with Crippen molar-refractivity contribution in [1.82, 2.24) is 20.1 Å². The standard InChI is InChI=1S/C25H24N4O/c30-25(23-13-11-20(12-14-23)17-29-19-26-18-28-29)27-16-15-24(21-7-3-1-4-8-21)22-9-5-2-6-10-22/h1-14,18-19,24H,15-17H2,(H,27,30). The van der Waals surface area contributed by atoms with Crippen LogP contribution in [-0.2, 0) is 6.54 Å². The van der Waals surface area contributed by atoms with E-state index in [1.165, 1.54) is 17.5 Å². The minimum absolute atomic E-state index is 0.0535. The minimum Gasteiger partial charge on any atom is -0.352 e. The van der Waals surface area contributed by atoms with Gasteiger partial charge in [-0.25, -0.2) is 9.67 Å². The van der Waals surface area contributed by atoms with Crippen LogP contribution in [0.5, 0.6) is 0 Å². The van der Waals surface area contributed by atoms with Gasteiger partial charge in [0.05, 0.1) is 6.54 Å². The molecule has 4 aromatic rings. The lowest BCUT2D eigenvalue weighted by Crippen LogP contribution is -2.25. The second-order valence-corrected chi connectivity index (χ2v) is 7.21. The molecule has 30 heavy (non-hydrogen) atoms. The van der Waals surface area contributed by atoms with Crippen molar-refractivity contribution in [3.8, 4) is 0 Å². The monoisotopic (exact) mass is 396 g/mol. The van der Waals surface area contributed by atoms with E-state index in [2.05, 4.69) is 63.9 Å². The first kappa shape index (κ1) is 19.6. The Labute approximate surface area is 176 Å². The number of carbonyl (C=O) groups is 1. The molecule has 0 aliphatic carbocycles. The summed E-state index contributed by atoms with van der Waals surface area (Å²) in [5.74, 6) is 0.194. The summed E-state index contributed by atoms with van der Waals surface area (Å²) in [6.45, 7) is 1.24. The van der Waals surface area contributed by atoms with Crippen molar-refractivity contribution >= 4 is 5.91 Å². The van der Waals surface area contributed by atoms with Gasteiger partial charge in [0.2, 0.25) is 0 Å². The van der Waals surface area contributed by atoms with Crippen molar-refractivity contribution < 1.29 is 4.79 Å². The van der Waals surface area contributed by atoms with Crippen LogP contribution in [0.3, 0.4) is 0 Å². The van der Waals surface area contributed by atoms with Gasteiger partial charge in [-0.3, -0.25) is 4.79 Å². The van der Waals surface area contributed by atoms with E-state index in [0.717, 1.165) is 12.0 Å². The first-order chi connectivity index (χ1) is 14.8. The Balaban J connectivity index is 1.36. The van der Waals surface area contributed by atoms with Crippen LogP contribution < -0.4 is 5.32 Å². The quantitative estimate of drug-likeness (QED) is 0.484. The van der Waals surface area contributed by atoms with Gasteiger partial charge in [-0.1, -0.05) is 72.8 Å². The van der Waals surface area contributed by atoms with Crippen LogP contribution in [0.15, 0.2) is 97.6 Å². The number of amides is 1. The molecule has 0 atom stereocenters. The molecule has 0 saturated heterocycles. The largest absolute Gasteiger partial charge is 0.352 e. The number of nitrogens with zero attached hydrogens (tertiary/aromatic N) is 3. The second-order valence-electron chi connectivity index (χ2n) is 7.21. The molecular formula is C25H24N4O. The third-order valence-corrected chi connectivity index (χ3v) is 5.15. The molecule has 0 aliphatic heterocycles. The number of aromatic nitrogens is 3. The van der Waals surface area contributed by atoms with E-state index in [1.54, 1.807) is 11.0 Å². The molecule has 0 spiro atoms. The highest BCUT2D eigenvalue weighted by molar-refractivity contribution is 5.94. The number of rotatable bonds is 8. The van der Waals surface area contributed by atoms with E-state index in [9.17, 15) is 4.79 Å². The maximum Gasteiger partial charge on any atom is 0.251 e. The summed E-state index contributed by atoms with van der Waals surface area (Å²) in [5.41, 5.74) is 4.25. The van der Waals surface area contributed by atoms with E-state index < -0.39 is 0 Å². The lowest BCUT2D eigenvalue weighted by atomic mass is 9.88. The fourth-order valence-electron chi connectivity index (χ4n) is 3.59. The summed E-state index contributed by atoms with van der Waals surface area (Å²) in [6.07, 6.45) is 4.03. The SMILES string of the molecule is O=C(NCCC(c1ccccc1)c1ccccc1)c1ccc(Cn2cncn2)cc1. The van der Waals surface area contributed by atoms with Gasteiger partial charge in [0.1, 0.15) is 12.7 Å². The average Bonchev–Trinajstić information content (AvgIpc) is 3.31. The summed E-state index contributed by atoms with van der Waals surface area (Å²) < 4.78 is 1.75. The van der Waals surface area contributed by atoms with Gasteiger partial charge in [-0.2, -0.15) is 5.10 Å². The van der Waals surface area contributed by atoms with Gasteiger partial charge in [-0.05, 0) is 35.2 Å². The highest BCUT2D eigenvalue weighted by Crippen LogP contribution is 2.27.